The highest BCUT2D eigenvalue weighted by molar-refractivity contribution is 5.77. The first-order valence-corrected chi connectivity index (χ1v) is 6.43. The van der Waals surface area contributed by atoms with E-state index >= 15 is 0 Å². The van der Waals surface area contributed by atoms with Gasteiger partial charge in [0.1, 0.15) is 0 Å². The Kier molecular flexibility index (Phi) is 4.34. The highest BCUT2D eigenvalue weighted by atomic mass is 16.5. The van der Waals surface area contributed by atoms with E-state index in [4.69, 9.17) is 4.74 Å². The van der Waals surface area contributed by atoms with E-state index in [-0.39, 0.29) is 11.9 Å². The molecule has 0 saturated heterocycles. The van der Waals surface area contributed by atoms with Gasteiger partial charge < -0.3 is 9.30 Å². The molecule has 1 atom stereocenters. The number of benzene rings is 1. The van der Waals surface area contributed by atoms with Crippen LogP contribution < -0.4 is 0 Å². The zero-order valence-electron chi connectivity index (χ0n) is 11.2. The lowest BCUT2D eigenvalue weighted by molar-refractivity contribution is -0.144. The molecular formula is C15H18N2O2. The lowest BCUT2D eigenvalue weighted by Gasteiger charge is -2.13. The molecule has 4 heteroatoms. The molecule has 19 heavy (non-hydrogen) atoms. The van der Waals surface area contributed by atoms with Crippen molar-refractivity contribution in [3.63, 3.8) is 0 Å². The molecule has 1 aromatic heterocycles. The number of carbonyl (C=O) groups is 1. The Morgan fingerprint density at radius 3 is 2.79 bits per heavy atom. The van der Waals surface area contributed by atoms with Crippen LogP contribution in [0.2, 0.25) is 0 Å². The molecule has 0 amide bonds. The topological polar surface area (TPSA) is 44.1 Å². The minimum atomic E-state index is -0.300. The number of aromatic nitrogens is 2. The molecule has 1 aromatic carbocycles. The fourth-order valence-corrected chi connectivity index (χ4v) is 1.99. The summed E-state index contributed by atoms with van der Waals surface area (Å²) < 4.78 is 7.04. The number of hydrogen-bond acceptors (Lipinski definition) is 3. The van der Waals surface area contributed by atoms with E-state index in [9.17, 15) is 4.79 Å². The van der Waals surface area contributed by atoms with Crippen LogP contribution in [0.3, 0.4) is 0 Å². The summed E-state index contributed by atoms with van der Waals surface area (Å²) in [5.74, 6) is -0.511. The first-order chi connectivity index (χ1) is 9.22. The molecule has 2 aromatic rings. The molecule has 100 valence electrons. The summed E-state index contributed by atoms with van der Waals surface area (Å²) in [7, 11) is 0. The van der Waals surface area contributed by atoms with Crippen molar-refractivity contribution >= 4 is 5.97 Å². The van der Waals surface area contributed by atoms with Crippen LogP contribution in [0.1, 0.15) is 31.0 Å². The van der Waals surface area contributed by atoms with Crippen LogP contribution in [0, 0.1) is 0 Å². The minimum Gasteiger partial charge on any atom is -0.465 e. The van der Waals surface area contributed by atoms with E-state index in [0.29, 0.717) is 13.2 Å². The summed E-state index contributed by atoms with van der Waals surface area (Å²) in [6.07, 6.45) is 3.47. The normalized spacial score (nSPS) is 12.1. The fourth-order valence-electron chi connectivity index (χ4n) is 1.99. The highest BCUT2D eigenvalue weighted by Crippen LogP contribution is 2.17. The van der Waals surface area contributed by atoms with Gasteiger partial charge in [-0.25, -0.2) is 4.98 Å². The van der Waals surface area contributed by atoms with E-state index in [1.807, 2.05) is 36.6 Å². The number of rotatable bonds is 5. The Labute approximate surface area is 113 Å². The van der Waals surface area contributed by atoms with Gasteiger partial charge in [-0.2, -0.15) is 0 Å². The maximum Gasteiger partial charge on any atom is 0.314 e. The summed E-state index contributed by atoms with van der Waals surface area (Å²) in [4.78, 5) is 15.9. The molecule has 1 heterocycles. The second kappa shape index (κ2) is 6.18. The Bertz CT molecular complexity index is 534. The average molecular weight is 258 g/mol. The second-order valence-electron chi connectivity index (χ2n) is 4.41. The van der Waals surface area contributed by atoms with E-state index in [2.05, 4.69) is 17.1 Å². The van der Waals surface area contributed by atoms with Gasteiger partial charge in [0.05, 0.1) is 24.5 Å². The SMILES string of the molecule is CCOC(=O)C(C)c1cncn1Cc1ccccc1. The van der Waals surface area contributed by atoms with Crippen LogP contribution in [-0.4, -0.2) is 22.1 Å². The van der Waals surface area contributed by atoms with Gasteiger partial charge in [-0.15, -0.1) is 0 Å². The van der Waals surface area contributed by atoms with E-state index < -0.39 is 0 Å². The van der Waals surface area contributed by atoms with Gasteiger partial charge in [0.25, 0.3) is 0 Å². The molecule has 0 saturated carbocycles. The summed E-state index contributed by atoms with van der Waals surface area (Å²) >= 11 is 0. The van der Waals surface area contributed by atoms with Gasteiger partial charge in [-0.05, 0) is 19.4 Å². The Hall–Kier alpha value is -2.10. The van der Waals surface area contributed by atoms with Gasteiger partial charge in [-0.3, -0.25) is 4.79 Å². The average Bonchev–Trinajstić information content (AvgIpc) is 2.87. The van der Waals surface area contributed by atoms with Gasteiger partial charge in [0, 0.05) is 12.7 Å². The van der Waals surface area contributed by atoms with Crippen LogP contribution >= 0.6 is 0 Å². The largest absolute Gasteiger partial charge is 0.465 e. The maximum absolute atomic E-state index is 11.8. The van der Waals surface area contributed by atoms with Gasteiger partial charge in [-0.1, -0.05) is 30.3 Å². The van der Waals surface area contributed by atoms with Crippen LogP contribution in [0.4, 0.5) is 0 Å². The third-order valence-corrected chi connectivity index (χ3v) is 3.02. The molecule has 0 fully saturated rings. The van der Waals surface area contributed by atoms with Crippen molar-refractivity contribution < 1.29 is 9.53 Å². The zero-order chi connectivity index (χ0) is 13.7. The van der Waals surface area contributed by atoms with Gasteiger partial charge >= 0.3 is 5.97 Å². The Balaban J connectivity index is 2.16. The summed E-state index contributed by atoms with van der Waals surface area (Å²) in [5, 5.41) is 0. The lowest BCUT2D eigenvalue weighted by atomic mass is 10.1. The standard InChI is InChI=1S/C15H18N2O2/c1-3-19-15(18)12(2)14-9-16-11-17(14)10-13-7-5-4-6-8-13/h4-9,11-12H,3,10H2,1-2H3. The molecule has 0 spiro atoms. The van der Waals surface area contributed by atoms with Crippen molar-refractivity contribution in [2.75, 3.05) is 6.61 Å². The third-order valence-electron chi connectivity index (χ3n) is 3.02. The molecule has 0 aliphatic rings. The number of ether oxygens (including phenoxy) is 1. The Morgan fingerprint density at radius 2 is 2.11 bits per heavy atom. The number of esters is 1. The molecule has 1 unspecified atom stereocenters. The van der Waals surface area contributed by atoms with Crippen molar-refractivity contribution in [3.05, 3.63) is 54.1 Å². The fraction of sp³-hybridized carbons (Fsp3) is 0.333. The quantitative estimate of drug-likeness (QED) is 0.774. The highest BCUT2D eigenvalue weighted by Gasteiger charge is 2.20. The van der Waals surface area contributed by atoms with Crippen molar-refractivity contribution in [1.82, 2.24) is 9.55 Å². The van der Waals surface area contributed by atoms with Crippen LogP contribution in [0.25, 0.3) is 0 Å². The predicted molar refractivity (Wildman–Crippen MR) is 72.8 cm³/mol. The predicted octanol–water partition coefficient (Wildman–Crippen LogP) is 2.60. The van der Waals surface area contributed by atoms with Gasteiger partial charge in [0.15, 0.2) is 0 Å². The zero-order valence-corrected chi connectivity index (χ0v) is 11.2. The van der Waals surface area contributed by atoms with Crippen molar-refractivity contribution in [3.8, 4) is 0 Å². The molecule has 0 aliphatic carbocycles. The monoisotopic (exact) mass is 258 g/mol. The third kappa shape index (κ3) is 3.22. The molecule has 0 N–H and O–H groups in total. The van der Waals surface area contributed by atoms with Gasteiger partial charge in [0.2, 0.25) is 0 Å². The summed E-state index contributed by atoms with van der Waals surface area (Å²) in [5.41, 5.74) is 2.06. The van der Waals surface area contributed by atoms with Crippen molar-refractivity contribution in [2.45, 2.75) is 26.3 Å². The van der Waals surface area contributed by atoms with Crippen LogP contribution in [0.5, 0.6) is 0 Å². The van der Waals surface area contributed by atoms with Crippen molar-refractivity contribution in [2.24, 2.45) is 0 Å². The van der Waals surface area contributed by atoms with Crippen LogP contribution in [-0.2, 0) is 16.1 Å². The molecule has 0 aliphatic heterocycles. The number of nitrogens with zero attached hydrogens (tertiary/aromatic N) is 2. The molecule has 4 nitrogen and oxygen atoms in total. The van der Waals surface area contributed by atoms with Crippen LogP contribution in [0.15, 0.2) is 42.9 Å². The summed E-state index contributed by atoms with van der Waals surface area (Å²) in [6, 6.07) is 10.1. The maximum atomic E-state index is 11.8. The van der Waals surface area contributed by atoms with E-state index in [0.717, 1.165) is 5.69 Å². The van der Waals surface area contributed by atoms with E-state index in [1.54, 1.807) is 12.5 Å². The smallest absolute Gasteiger partial charge is 0.314 e. The molecular weight excluding hydrogens is 240 g/mol. The number of imidazole rings is 1. The van der Waals surface area contributed by atoms with Crippen molar-refractivity contribution in [1.29, 1.82) is 0 Å². The Morgan fingerprint density at radius 1 is 1.37 bits per heavy atom. The first kappa shape index (κ1) is 13.3. The number of hydrogen-bond donors (Lipinski definition) is 0. The second-order valence-corrected chi connectivity index (χ2v) is 4.41. The van der Waals surface area contributed by atoms with E-state index in [1.165, 1.54) is 5.56 Å². The summed E-state index contributed by atoms with van der Waals surface area (Å²) in [6.45, 7) is 4.76. The number of carbonyl (C=O) groups excluding carboxylic acids is 1. The minimum absolute atomic E-state index is 0.211. The lowest BCUT2D eigenvalue weighted by Crippen LogP contribution is -2.16. The molecule has 0 bridgehead atoms. The first-order valence-electron chi connectivity index (χ1n) is 6.43. The molecule has 2 rings (SSSR count). The molecule has 0 radical (unpaired) electrons.